The quantitative estimate of drug-likeness (QED) is 0.743. The second kappa shape index (κ2) is 11.6. The molecule has 0 radical (unpaired) electrons. The molecule has 3 heteroatoms. The van der Waals surface area contributed by atoms with E-state index in [1.54, 1.807) is 7.11 Å². The molecule has 3 atom stereocenters. The van der Waals surface area contributed by atoms with Crippen molar-refractivity contribution in [1.82, 2.24) is 0 Å². The van der Waals surface area contributed by atoms with E-state index >= 15 is 0 Å². The largest absolute Gasteiger partial charge is 0.392 e. The van der Waals surface area contributed by atoms with Crippen LogP contribution in [-0.2, 0) is 4.74 Å². The standard InChI is InChI=1S/C21H36O3/c1-5-18(15-22)19-10-8-6-7-9-11-20(24-4)21(23)17(3)14-16(2)12-13-19/h9,11,14,17,20-23H,5-8,10,12-13,15H2,1-4H3. The molecule has 1 aliphatic carbocycles. The van der Waals surface area contributed by atoms with E-state index in [4.69, 9.17) is 4.74 Å². The highest BCUT2D eigenvalue weighted by atomic mass is 16.5. The molecule has 0 saturated heterocycles. The van der Waals surface area contributed by atoms with Crippen molar-refractivity contribution in [2.45, 2.75) is 77.9 Å². The molecule has 0 amide bonds. The van der Waals surface area contributed by atoms with Crippen LogP contribution in [0.2, 0.25) is 0 Å². The van der Waals surface area contributed by atoms with Crippen molar-refractivity contribution in [3.8, 4) is 0 Å². The lowest BCUT2D eigenvalue weighted by molar-refractivity contribution is -0.00187. The molecule has 0 aliphatic heterocycles. The Labute approximate surface area is 148 Å². The molecular weight excluding hydrogens is 300 g/mol. The zero-order valence-electron chi connectivity index (χ0n) is 15.9. The van der Waals surface area contributed by atoms with E-state index in [1.807, 2.05) is 13.0 Å². The number of aliphatic hydroxyl groups excluding tert-OH is 2. The third-order valence-electron chi connectivity index (χ3n) is 5.06. The third-order valence-corrected chi connectivity index (χ3v) is 5.06. The average Bonchev–Trinajstić information content (AvgIpc) is 2.57. The van der Waals surface area contributed by atoms with Gasteiger partial charge in [-0.2, -0.15) is 0 Å². The first-order chi connectivity index (χ1) is 11.5. The average molecular weight is 337 g/mol. The minimum absolute atomic E-state index is 0.0541. The zero-order chi connectivity index (χ0) is 17.9. The Balaban J connectivity index is 2.95. The van der Waals surface area contributed by atoms with Gasteiger partial charge in [0.05, 0.1) is 12.7 Å². The molecule has 0 bridgehead atoms. The zero-order valence-corrected chi connectivity index (χ0v) is 15.9. The Kier molecular flexibility index (Phi) is 10.2. The van der Waals surface area contributed by atoms with E-state index in [9.17, 15) is 10.2 Å². The fraction of sp³-hybridized carbons (Fsp3) is 0.714. The van der Waals surface area contributed by atoms with E-state index in [1.165, 1.54) is 16.7 Å². The number of aliphatic hydroxyl groups is 2. The predicted octanol–water partition coefficient (Wildman–Crippen LogP) is 4.55. The summed E-state index contributed by atoms with van der Waals surface area (Å²) in [7, 11) is 1.66. The number of hydrogen-bond acceptors (Lipinski definition) is 3. The molecule has 1 aliphatic rings. The smallest absolute Gasteiger partial charge is 0.102 e. The number of rotatable bonds is 3. The molecule has 24 heavy (non-hydrogen) atoms. The molecule has 2 N–H and O–H groups in total. The maximum absolute atomic E-state index is 10.5. The van der Waals surface area contributed by atoms with Crippen molar-refractivity contribution in [3.05, 3.63) is 34.9 Å². The molecule has 3 unspecified atom stereocenters. The molecular formula is C21H36O3. The van der Waals surface area contributed by atoms with Crippen LogP contribution in [0.1, 0.15) is 65.7 Å². The number of hydrogen-bond donors (Lipinski definition) is 2. The Morgan fingerprint density at radius 1 is 1.25 bits per heavy atom. The first-order valence-corrected chi connectivity index (χ1v) is 9.38. The molecule has 0 heterocycles. The van der Waals surface area contributed by atoms with E-state index in [-0.39, 0.29) is 18.6 Å². The SMILES string of the molecule is CCC(CO)=C1CCCCC=CC(OC)C(O)C(C)C=C(C)CC1. The van der Waals surface area contributed by atoms with Crippen molar-refractivity contribution in [3.63, 3.8) is 0 Å². The maximum Gasteiger partial charge on any atom is 0.102 e. The van der Waals surface area contributed by atoms with Crippen molar-refractivity contribution in [1.29, 1.82) is 0 Å². The molecule has 0 aromatic carbocycles. The van der Waals surface area contributed by atoms with Crippen LogP contribution in [0.15, 0.2) is 34.9 Å². The summed E-state index contributed by atoms with van der Waals surface area (Å²) in [6, 6.07) is 0. The van der Waals surface area contributed by atoms with Crippen LogP contribution >= 0.6 is 0 Å². The Bertz CT molecular complexity index is 442. The lowest BCUT2D eigenvalue weighted by Crippen LogP contribution is -2.31. The summed E-state index contributed by atoms with van der Waals surface area (Å²) in [6.45, 7) is 6.48. The van der Waals surface area contributed by atoms with Gasteiger partial charge in [-0.1, -0.05) is 43.2 Å². The van der Waals surface area contributed by atoms with Gasteiger partial charge in [-0.3, -0.25) is 0 Å². The number of ether oxygens (including phenoxy) is 1. The molecule has 138 valence electrons. The minimum atomic E-state index is -0.525. The number of allylic oxidation sites excluding steroid dienone is 3. The van der Waals surface area contributed by atoms with Gasteiger partial charge < -0.3 is 14.9 Å². The van der Waals surface area contributed by atoms with Gasteiger partial charge in [-0.15, -0.1) is 0 Å². The molecule has 0 aromatic heterocycles. The van der Waals surface area contributed by atoms with Crippen LogP contribution in [0.25, 0.3) is 0 Å². The topological polar surface area (TPSA) is 49.7 Å². The van der Waals surface area contributed by atoms with E-state index in [0.717, 1.165) is 44.9 Å². The van der Waals surface area contributed by atoms with Gasteiger partial charge in [-0.25, -0.2) is 0 Å². The van der Waals surface area contributed by atoms with Crippen molar-refractivity contribution in [2.24, 2.45) is 5.92 Å². The molecule has 0 saturated carbocycles. The molecule has 0 fully saturated rings. The van der Waals surface area contributed by atoms with Crippen molar-refractivity contribution < 1.29 is 14.9 Å². The van der Waals surface area contributed by atoms with Crippen LogP contribution in [0.5, 0.6) is 0 Å². The van der Waals surface area contributed by atoms with Gasteiger partial charge in [-0.05, 0) is 57.4 Å². The van der Waals surface area contributed by atoms with E-state index in [2.05, 4.69) is 26.0 Å². The van der Waals surface area contributed by atoms with Gasteiger partial charge in [0, 0.05) is 13.0 Å². The van der Waals surface area contributed by atoms with Crippen LogP contribution < -0.4 is 0 Å². The van der Waals surface area contributed by atoms with Crippen molar-refractivity contribution >= 4 is 0 Å². The fourth-order valence-corrected chi connectivity index (χ4v) is 3.39. The van der Waals surface area contributed by atoms with Gasteiger partial charge in [0.1, 0.15) is 6.10 Å². The van der Waals surface area contributed by atoms with Crippen molar-refractivity contribution in [2.75, 3.05) is 13.7 Å². The van der Waals surface area contributed by atoms with Gasteiger partial charge >= 0.3 is 0 Å². The van der Waals surface area contributed by atoms with Gasteiger partial charge in [0.2, 0.25) is 0 Å². The monoisotopic (exact) mass is 336 g/mol. The first-order valence-electron chi connectivity index (χ1n) is 9.38. The summed E-state index contributed by atoms with van der Waals surface area (Å²) in [4.78, 5) is 0. The minimum Gasteiger partial charge on any atom is -0.392 e. The summed E-state index contributed by atoms with van der Waals surface area (Å²) in [5.74, 6) is 0.0541. The molecule has 0 aromatic rings. The summed E-state index contributed by atoms with van der Waals surface area (Å²) >= 11 is 0. The van der Waals surface area contributed by atoms with Crippen LogP contribution in [0, 0.1) is 5.92 Å². The van der Waals surface area contributed by atoms with Gasteiger partial charge in [0.15, 0.2) is 0 Å². The second-order valence-corrected chi connectivity index (χ2v) is 6.96. The van der Waals surface area contributed by atoms with Crippen LogP contribution in [0.4, 0.5) is 0 Å². The van der Waals surface area contributed by atoms with E-state index < -0.39 is 6.10 Å². The number of methoxy groups -OCH3 is 1. The molecule has 0 spiro atoms. The Morgan fingerprint density at radius 3 is 2.62 bits per heavy atom. The highest BCUT2D eigenvalue weighted by Crippen LogP contribution is 2.25. The lowest BCUT2D eigenvalue weighted by atomic mass is 9.91. The third kappa shape index (κ3) is 6.92. The Morgan fingerprint density at radius 2 is 2.00 bits per heavy atom. The van der Waals surface area contributed by atoms with Gasteiger partial charge in [0.25, 0.3) is 0 Å². The summed E-state index contributed by atoms with van der Waals surface area (Å²) < 4.78 is 5.45. The molecule has 1 rings (SSSR count). The maximum atomic E-state index is 10.5. The first kappa shape index (κ1) is 21.1. The normalized spacial score (nSPS) is 29.8. The fourth-order valence-electron chi connectivity index (χ4n) is 3.39. The second-order valence-electron chi connectivity index (χ2n) is 6.96. The van der Waals surface area contributed by atoms with E-state index in [0.29, 0.717) is 0 Å². The summed E-state index contributed by atoms with van der Waals surface area (Å²) in [5, 5.41) is 20.1. The lowest BCUT2D eigenvalue weighted by Gasteiger charge is -2.23. The predicted molar refractivity (Wildman–Crippen MR) is 101 cm³/mol. The summed E-state index contributed by atoms with van der Waals surface area (Å²) in [6.07, 6.45) is 12.8. The summed E-state index contributed by atoms with van der Waals surface area (Å²) in [5.41, 5.74) is 3.93. The van der Waals surface area contributed by atoms with Crippen LogP contribution in [0.3, 0.4) is 0 Å². The highest BCUT2D eigenvalue weighted by Gasteiger charge is 2.21. The Hall–Kier alpha value is -0.900. The highest BCUT2D eigenvalue weighted by molar-refractivity contribution is 5.17. The molecule has 3 nitrogen and oxygen atoms in total. The van der Waals surface area contributed by atoms with Crippen LogP contribution in [-0.4, -0.2) is 36.1 Å².